The van der Waals surface area contributed by atoms with Crippen LogP contribution in [0.2, 0.25) is 0 Å². The van der Waals surface area contributed by atoms with Crippen LogP contribution in [0.15, 0.2) is 12.3 Å². The van der Waals surface area contributed by atoms with Crippen molar-refractivity contribution in [1.82, 2.24) is 20.2 Å². The van der Waals surface area contributed by atoms with Crippen molar-refractivity contribution in [2.45, 2.75) is 76.7 Å². The predicted molar refractivity (Wildman–Crippen MR) is 135 cm³/mol. The molecule has 2 atom stereocenters. The fourth-order valence-corrected chi connectivity index (χ4v) is 5.47. The standard InChI is InChI=1S/C25H30F5N5O3S/c1-12-5-4-8-35(12)23(37)17-18(39-22(34-17)21(36)32-11-24(2,3)38)15-10-31-16(9-14(15)20(26)27)33-19(13-6-7-13)25(28,29)30/h9-10,12-13,19-20,38H,4-8,11H2,1-3H3,(H,31,33)(H,32,36). The maximum absolute atomic E-state index is 14.3. The fourth-order valence-electron chi connectivity index (χ4n) is 4.46. The molecule has 214 valence electrons. The Balaban J connectivity index is 1.74. The minimum absolute atomic E-state index is 0.0311. The highest BCUT2D eigenvalue weighted by Crippen LogP contribution is 2.43. The second-order valence-corrected chi connectivity index (χ2v) is 11.6. The van der Waals surface area contributed by atoms with Crippen LogP contribution < -0.4 is 10.6 Å². The number of nitrogens with one attached hydrogen (secondary N) is 2. The smallest absolute Gasteiger partial charge is 0.389 e. The lowest BCUT2D eigenvalue weighted by Gasteiger charge is -2.23. The van der Waals surface area contributed by atoms with E-state index in [-0.39, 0.29) is 39.5 Å². The molecule has 1 saturated carbocycles. The molecule has 3 N–H and O–H groups in total. The number of aromatic nitrogens is 2. The third kappa shape index (κ3) is 6.83. The Labute approximate surface area is 226 Å². The largest absolute Gasteiger partial charge is 0.408 e. The van der Waals surface area contributed by atoms with Gasteiger partial charge in [0.2, 0.25) is 0 Å². The number of carbonyl (C=O) groups is 2. The topological polar surface area (TPSA) is 107 Å². The maximum Gasteiger partial charge on any atom is 0.408 e. The fraction of sp³-hybridized carbons (Fsp3) is 0.600. The number of halogens is 5. The number of anilines is 1. The van der Waals surface area contributed by atoms with E-state index in [1.165, 1.54) is 13.8 Å². The van der Waals surface area contributed by atoms with Gasteiger partial charge in [0, 0.05) is 36.5 Å². The predicted octanol–water partition coefficient (Wildman–Crippen LogP) is 5.02. The zero-order chi connectivity index (χ0) is 28.7. The van der Waals surface area contributed by atoms with E-state index in [1.54, 1.807) is 4.90 Å². The van der Waals surface area contributed by atoms with E-state index in [9.17, 15) is 36.6 Å². The summed E-state index contributed by atoms with van der Waals surface area (Å²) in [6.45, 7) is 5.11. The van der Waals surface area contributed by atoms with E-state index < -0.39 is 47.5 Å². The minimum atomic E-state index is -4.58. The van der Waals surface area contributed by atoms with Crippen molar-refractivity contribution in [3.8, 4) is 10.4 Å². The molecular formula is C25H30F5N5O3S. The van der Waals surface area contributed by atoms with Gasteiger partial charge >= 0.3 is 6.18 Å². The summed E-state index contributed by atoms with van der Waals surface area (Å²) in [6.07, 6.45) is -4.47. The van der Waals surface area contributed by atoms with Gasteiger partial charge in [-0.05, 0) is 58.4 Å². The van der Waals surface area contributed by atoms with Gasteiger partial charge in [-0.2, -0.15) is 13.2 Å². The number of aliphatic hydroxyl groups is 1. The molecule has 8 nitrogen and oxygen atoms in total. The molecule has 1 aliphatic carbocycles. The third-order valence-corrected chi connectivity index (χ3v) is 7.77. The van der Waals surface area contributed by atoms with E-state index in [1.807, 2.05) is 6.92 Å². The minimum Gasteiger partial charge on any atom is -0.389 e. The van der Waals surface area contributed by atoms with Gasteiger partial charge in [0.1, 0.15) is 17.6 Å². The Hall–Kier alpha value is -2.87. The van der Waals surface area contributed by atoms with Gasteiger partial charge in [-0.25, -0.2) is 18.7 Å². The Bertz CT molecular complexity index is 1230. The average molecular weight is 576 g/mol. The van der Waals surface area contributed by atoms with Crippen LogP contribution in [0.5, 0.6) is 0 Å². The Morgan fingerprint density at radius 3 is 2.46 bits per heavy atom. The van der Waals surface area contributed by atoms with Crippen LogP contribution in [0.25, 0.3) is 10.4 Å². The number of amides is 2. The molecule has 39 heavy (non-hydrogen) atoms. The van der Waals surface area contributed by atoms with E-state index in [4.69, 9.17) is 0 Å². The van der Waals surface area contributed by atoms with E-state index >= 15 is 0 Å². The van der Waals surface area contributed by atoms with Gasteiger partial charge in [-0.3, -0.25) is 9.59 Å². The second kappa shape index (κ2) is 11.0. The molecule has 2 aliphatic rings. The van der Waals surface area contributed by atoms with E-state index in [2.05, 4.69) is 20.6 Å². The number of pyridine rings is 1. The monoisotopic (exact) mass is 575 g/mol. The van der Waals surface area contributed by atoms with Crippen LogP contribution in [0.3, 0.4) is 0 Å². The number of hydrogen-bond acceptors (Lipinski definition) is 7. The van der Waals surface area contributed by atoms with Gasteiger partial charge in [0.25, 0.3) is 18.2 Å². The number of carbonyl (C=O) groups excluding carboxylic acids is 2. The summed E-state index contributed by atoms with van der Waals surface area (Å²) >= 11 is 0.704. The summed E-state index contributed by atoms with van der Waals surface area (Å²) in [6, 6.07) is -1.19. The lowest BCUT2D eigenvalue weighted by Crippen LogP contribution is -2.38. The summed E-state index contributed by atoms with van der Waals surface area (Å²) in [5, 5.41) is 14.5. The van der Waals surface area contributed by atoms with Gasteiger partial charge in [-0.15, -0.1) is 11.3 Å². The molecule has 0 bridgehead atoms. The van der Waals surface area contributed by atoms with Crippen molar-refractivity contribution in [1.29, 1.82) is 0 Å². The molecule has 2 unspecified atom stereocenters. The molecule has 2 aromatic heterocycles. The Morgan fingerprint density at radius 1 is 1.23 bits per heavy atom. The van der Waals surface area contributed by atoms with Gasteiger partial charge in [0.05, 0.1) is 10.5 Å². The number of nitrogens with zero attached hydrogens (tertiary/aromatic N) is 3. The summed E-state index contributed by atoms with van der Waals surface area (Å²) in [4.78, 5) is 35.9. The lowest BCUT2D eigenvalue weighted by atomic mass is 10.1. The number of likely N-dealkylation sites (tertiary alicyclic amines) is 1. The van der Waals surface area contributed by atoms with E-state index in [0.717, 1.165) is 25.1 Å². The molecule has 0 radical (unpaired) electrons. The van der Waals surface area contributed by atoms with E-state index in [0.29, 0.717) is 30.7 Å². The second-order valence-electron chi connectivity index (χ2n) is 10.6. The molecule has 2 aromatic rings. The molecule has 0 aromatic carbocycles. The van der Waals surface area contributed by atoms with Gasteiger partial charge < -0.3 is 20.6 Å². The van der Waals surface area contributed by atoms with Crippen molar-refractivity contribution in [3.63, 3.8) is 0 Å². The highest BCUT2D eigenvalue weighted by molar-refractivity contribution is 7.17. The molecule has 14 heteroatoms. The molecule has 2 amide bonds. The summed E-state index contributed by atoms with van der Waals surface area (Å²) in [5.74, 6) is -2.27. The summed E-state index contributed by atoms with van der Waals surface area (Å²) in [7, 11) is 0. The van der Waals surface area contributed by atoms with Crippen molar-refractivity contribution in [3.05, 3.63) is 28.5 Å². The molecule has 3 heterocycles. The Morgan fingerprint density at radius 2 is 1.92 bits per heavy atom. The van der Waals surface area contributed by atoms with Crippen LogP contribution in [0, 0.1) is 5.92 Å². The lowest BCUT2D eigenvalue weighted by molar-refractivity contribution is -0.146. The Kier molecular flexibility index (Phi) is 8.18. The quantitative estimate of drug-likeness (QED) is 0.363. The van der Waals surface area contributed by atoms with Crippen LogP contribution >= 0.6 is 11.3 Å². The van der Waals surface area contributed by atoms with Gasteiger partial charge in [-0.1, -0.05) is 0 Å². The molecule has 4 rings (SSSR count). The van der Waals surface area contributed by atoms with Crippen LogP contribution in [0.4, 0.5) is 27.8 Å². The van der Waals surface area contributed by atoms with Crippen molar-refractivity contribution in [2.75, 3.05) is 18.4 Å². The summed E-state index contributed by atoms with van der Waals surface area (Å²) in [5.41, 5.74) is -2.28. The molecule has 0 spiro atoms. The first-order chi connectivity index (χ1) is 18.2. The first-order valence-corrected chi connectivity index (χ1v) is 13.4. The molecule has 1 saturated heterocycles. The first-order valence-electron chi connectivity index (χ1n) is 12.6. The third-order valence-electron chi connectivity index (χ3n) is 6.68. The molecule has 1 aliphatic heterocycles. The number of hydrogen-bond donors (Lipinski definition) is 3. The number of rotatable bonds is 9. The normalized spacial score (nSPS) is 18.9. The van der Waals surface area contributed by atoms with Gasteiger partial charge in [0.15, 0.2) is 5.01 Å². The summed E-state index contributed by atoms with van der Waals surface area (Å²) < 4.78 is 69.0. The van der Waals surface area contributed by atoms with Crippen LogP contribution in [-0.4, -0.2) is 68.7 Å². The number of thiazole rings is 1. The van der Waals surface area contributed by atoms with Crippen molar-refractivity contribution in [2.24, 2.45) is 5.92 Å². The molecular weight excluding hydrogens is 545 g/mol. The average Bonchev–Trinajstić information content (AvgIpc) is 3.42. The SMILES string of the molecule is CC1CCCN1C(=O)c1nc(C(=O)NCC(C)(C)O)sc1-c1cnc(NC(C2CC2)C(F)(F)F)cc1C(F)F. The van der Waals surface area contributed by atoms with Crippen molar-refractivity contribution < 1.29 is 36.6 Å². The zero-order valence-corrected chi connectivity index (χ0v) is 22.4. The zero-order valence-electron chi connectivity index (χ0n) is 21.6. The highest BCUT2D eigenvalue weighted by atomic mass is 32.1. The molecule has 2 fully saturated rings. The highest BCUT2D eigenvalue weighted by Gasteiger charge is 2.49. The van der Waals surface area contributed by atoms with Crippen molar-refractivity contribution >= 4 is 29.0 Å². The maximum atomic E-state index is 14.3. The number of alkyl halides is 5. The first kappa shape index (κ1) is 29.1. The van der Waals surface area contributed by atoms with Crippen LogP contribution in [-0.2, 0) is 0 Å². The van der Waals surface area contributed by atoms with Crippen LogP contribution in [0.1, 0.15) is 78.7 Å².